The van der Waals surface area contributed by atoms with Crippen molar-refractivity contribution in [3.63, 3.8) is 0 Å². The van der Waals surface area contributed by atoms with Gasteiger partial charge in [0.25, 0.3) is 0 Å². The lowest BCUT2D eigenvalue weighted by atomic mass is 9.83. The Bertz CT molecular complexity index is 1140. The van der Waals surface area contributed by atoms with E-state index < -0.39 is 11.9 Å². The summed E-state index contributed by atoms with van der Waals surface area (Å²) in [7, 11) is 6.51. The largest absolute Gasteiger partial charge is 0.493 e. The first-order valence-corrected chi connectivity index (χ1v) is 14.7. The lowest BCUT2D eigenvalue weighted by Crippen LogP contribution is -2.45. The minimum atomic E-state index is -0.810. The number of carbonyl (C=O) groups is 2. The van der Waals surface area contributed by atoms with Gasteiger partial charge in [0.1, 0.15) is 12.1 Å². The van der Waals surface area contributed by atoms with E-state index in [-0.39, 0.29) is 24.4 Å². The number of hydrogen-bond acceptors (Lipinski definition) is 6. The van der Waals surface area contributed by atoms with Crippen LogP contribution in [0.1, 0.15) is 55.3 Å². The van der Waals surface area contributed by atoms with E-state index in [9.17, 15) is 14.7 Å². The molecule has 3 atom stereocenters. The number of hydrogen-bond donors (Lipinski definition) is 1. The van der Waals surface area contributed by atoms with Gasteiger partial charge in [0, 0.05) is 56.3 Å². The number of aliphatic carboxylic acids is 1. The van der Waals surface area contributed by atoms with Gasteiger partial charge in [-0.05, 0) is 42.5 Å². The summed E-state index contributed by atoms with van der Waals surface area (Å²) in [5.41, 5.74) is 3.04. The number of aryl methyl sites for hydroxylation is 1. The number of quaternary nitrogens is 1. The first-order chi connectivity index (χ1) is 19.2. The zero-order valence-electron chi connectivity index (χ0n) is 24.6. The average Bonchev–Trinajstić information content (AvgIpc) is 3.53. The molecule has 9 heteroatoms. The third-order valence-corrected chi connectivity index (χ3v) is 8.24. The fourth-order valence-electron chi connectivity index (χ4n) is 6.11. The molecule has 218 valence electrons. The number of unbranched alkanes of at least 4 members (excludes halogenated alkanes) is 1. The minimum Gasteiger partial charge on any atom is -0.493 e. The van der Waals surface area contributed by atoms with Gasteiger partial charge in [0.15, 0.2) is 0 Å². The number of aromatic nitrogens is 2. The van der Waals surface area contributed by atoms with Crippen molar-refractivity contribution in [2.45, 2.75) is 57.4 Å². The van der Waals surface area contributed by atoms with E-state index >= 15 is 0 Å². The number of likely N-dealkylation sites (tertiary alicyclic amines) is 1. The van der Waals surface area contributed by atoms with Crippen molar-refractivity contribution in [3.05, 3.63) is 53.6 Å². The first-order valence-electron chi connectivity index (χ1n) is 14.7. The van der Waals surface area contributed by atoms with Crippen LogP contribution in [0.4, 0.5) is 0 Å². The molecule has 3 heterocycles. The minimum absolute atomic E-state index is 0.0917. The van der Waals surface area contributed by atoms with Crippen LogP contribution < -0.4 is 4.74 Å². The van der Waals surface area contributed by atoms with Gasteiger partial charge in [-0.15, -0.1) is 0 Å². The van der Waals surface area contributed by atoms with Gasteiger partial charge >= 0.3 is 5.97 Å². The highest BCUT2D eigenvalue weighted by Gasteiger charge is 2.47. The Labute approximate surface area is 238 Å². The van der Waals surface area contributed by atoms with Gasteiger partial charge in [0.05, 0.1) is 46.8 Å². The van der Waals surface area contributed by atoms with Gasteiger partial charge in [-0.1, -0.05) is 25.5 Å². The Kier molecular flexibility index (Phi) is 10.1. The van der Waals surface area contributed by atoms with E-state index in [1.165, 1.54) is 6.33 Å². The SMILES string of the molecule is CCCCN(CCC[N+](C)(C)C)C(=O)CN1C[C@H](c2ccc3c(c2)CCO3)C(C(=O)O)[C@@H]1CCc1ccncn1. The van der Waals surface area contributed by atoms with E-state index in [1.807, 2.05) is 23.1 Å². The molecular weight excluding hydrogens is 506 g/mol. The summed E-state index contributed by atoms with van der Waals surface area (Å²) in [6.07, 6.45) is 8.25. The van der Waals surface area contributed by atoms with Gasteiger partial charge < -0.3 is 19.2 Å². The lowest BCUT2D eigenvalue weighted by Gasteiger charge is -2.30. The number of nitrogens with zero attached hydrogens (tertiary/aromatic N) is 5. The van der Waals surface area contributed by atoms with Crippen molar-refractivity contribution in [2.75, 3.05) is 60.5 Å². The number of ether oxygens (including phenoxy) is 1. The van der Waals surface area contributed by atoms with Gasteiger partial charge in [-0.25, -0.2) is 9.97 Å². The summed E-state index contributed by atoms with van der Waals surface area (Å²) in [6.45, 7) is 6.03. The molecule has 9 nitrogen and oxygen atoms in total. The zero-order valence-corrected chi connectivity index (χ0v) is 24.6. The predicted octanol–water partition coefficient (Wildman–Crippen LogP) is 3.24. The summed E-state index contributed by atoms with van der Waals surface area (Å²) >= 11 is 0. The molecule has 2 aliphatic heterocycles. The maximum absolute atomic E-state index is 13.7. The third-order valence-electron chi connectivity index (χ3n) is 8.24. The number of carboxylic acids is 1. The van der Waals surface area contributed by atoms with Gasteiger partial charge in [-0.2, -0.15) is 0 Å². The van der Waals surface area contributed by atoms with Crippen LogP contribution in [0.3, 0.4) is 0 Å². The van der Waals surface area contributed by atoms with Crippen LogP contribution in [0.25, 0.3) is 0 Å². The summed E-state index contributed by atoms with van der Waals surface area (Å²) in [4.78, 5) is 39.1. The second-order valence-electron chi connectivity index (χ2n) is 12.3. The highest BCUT2D eigenvalue weighted by atomic mass is 16.5. The van der Waals surface area contributed by atoms with Gasteiger partial charge in [-0.3, -0.25) is 14.5 Å². The Morgan fingerprint density at radius 2 is 1.98 bits per heavy atom. The molecule has 2 aliphatic rings. The second-order valence-corrected chi connectivity index (χ2v) is 12.3. The second kappa shape index (κ2) is 13.5. The molecule has 2 aromatic rings. The van der Waals surface area contributed by atoms with E-state index in [2.05, 4.69) is 49.0 Å². The molecule has 1 amide bonds. The molecule has 1 aromatic carbocycles. The van der Waals surface area contributed by atoms with E-state index in [1.54, 1.807) is 6.20 Å². The van der Waals surface area contributed by atoms with Crippen LogP contribution in [-0.2, 0) is 22.4 Å². The lowest BCUT2D eigenvalue weighted by molar-refractivity contribution is -0.870. The van der Waals surface area contributed by atoms with Crippen molar-refractivity contribution in [3.8, 4) is 5.75 Å². The number of rotatable bonds is 14. The summed E-state index contributed by atoms with van der Waals surface area (Å²) < 4.78 is 6.56. The van der Waals surface area contributed by atoms with Gasteiger partial charge in [0.2, 0.25) is 5.91 Å². The number of benzene rings is 1. The molecule has 0 saturated carbocycles. The summed E-state index contributed by atoms with van der Waals surface area (Å²) in [5.74, 6) is -0.642. The number of carbonyl (C=O) groups excluding carboxylic acids is 1. The molecule has 40 heavy (non-hydrogen) atoms. The molecule has 0 aliphatic carbocycles. The molecule has 0 spiro atoms. The standard InChI is InChI=1S/C31H45N5O4/c1-5-6-15-34(16-7-17-36(2,3)4)29(37)21-35-20-26(23-8-11-28-24(19-23)13-18-40-28)30(31(38)39)27(35)10-9-25-12-14-32-22-33-25/h8,11-12,14,19,22,26-27,30H,5-7,9-10,13,15-18,20-21H2,1-4H3/p+1/t26-,27+,30?/m1/s1. The predicted molar refractivity (Wildman–Crippen MR) is 154 cm³/mol. The first kappa shape index (κ1) is 29.9. The number of carboxylic acid groups (broad SMARTS) is 1. The highest BCUT2D eigenvalue weighted by Crippen LogP contribution is 2.41. The monoisotopic (exact) mass is 552 g/mol. The summed E-state index contributed by atoms with van der Waals surface area (Å²) in [6, 6.07) is 7.70. The summed E-state index contributed by atoms with van der Waals surface area (Å²) in [5, 5.41) is 10.5. The Hall–Kier alpha value is -3.04. The molecule has 0 radical (unpaired) electrons. The zero-order chi connectivity index (χ0) is 28.7. The number of amides is 1. The maximum Gasteiger partial charge on any atom is 0.308 e. The normalized spacial score (nSPS) is 20.8. The van der Waals surface area contributed by atoms with Crippen LogP contribution >= 0.6 is 0 Å². The Morgan fingerprint density at radius 1 is 1.18 bits per heavy atom. The van der Waals surface area contributed by atoms with Crippen LogP contribution in [-0.4, -0.2) is 108 Å². The molecule has 1 N–H and O–H groups in total. The topological polar surface area (TPSA) is 95.9 Å². The van der Waals surface area contributed by atoms with Crippen LogP contribution in [0.15, 0.2) is 36.8 Å². The highest BCUT2D eigenvalue weighted by molar-refractivity contribution is 5.79. The molecule has 4 rings (SSSR count). The molecule has 0 bridgehead atoms. The molecule has 1 saturated heterocycles. The number of fused-ring (bicyclic) bond motifs is 1. The van der Waals surface area contributed by atoms with Crippen molar-refractivity contribution in [1.29, 1.82) is 0 Å². The van der Waals surface area contributed by atoms with Crippen molar-refractivity contribution in [1.82, 2.24) is 19.8 Å². The fraction of sp³-hybridized carbons (Fsp3) is 0.613. The quantitative estimate of drug-likeness (QED) is 0.360. The van der Waals surface area contributed by atoms with Crippen LogP contribution in [0, 0.1) is 5.92 Å². The molecule has 1 fully saturated rings. The van der Waals surface area contributed by atoms with E-state index in [0.717, 1.165) is 72.4 Å². The third kappa shape index (κ3) is 7.79. The van der Waals surface area contributed by atoms with Crippen molar-refractivity contribution < 1.29 is 23.9 Å². The fourth-order valence-corrected chi connectivity index (χ4v) is 6.11. The van der Waals surface area contributed by atoms with Crippen LogP contribution in [0.5, 0.6) is 5.75 Å². The van der Waals surface area contributed by atoms with Crippen molar-refractivity contribution in [2.24, 2.45) is 5.92 Å². The molecule has 1 aromatic heterocycles. The van der Waals surface area contributed by atoms with E-state index in [4.69, 9.17) is 4.74 Å². The average molecular weight is 553 g/mol. The maximum atomic E-state index is 13.7. The Morgan fingerprint density at radius 3 is 2.67 bits per heavy atom. The van der Waals surface area contributed by atoms with Crippen LogP contribution in [0.2, 0.25) is 0 Å². The van der Waals surface area contributed by atoms with E-state index in [0.29, 0.717) is 26.0 Å². The molecule has 1 unspecified atom stereocenters. The van der Waals surface area contributed by atoms with Crippen molar-refractivity contribution >= 4 is 11.9 Å². The smallest absolute Gasteiger partial charge is 0.308 e. The molecular formula is C31H46N5O4+. The Balaban J connectivity index is 1.56.